The molecule has 0 aliphatic carbocycles. The van der Waals surface area contributed by atoms with Crippen LogP contribution >= 0.6 is 11.8 Å². The van der Waals surface area contributed by atoms with Gasteiger partial charge in [-0.3, -0.25) is 14.4 Å². The lowest BCUT2D eigenvalue weighted by Crippen LogP contribution is -2.54. The Morgan fingerprint density at radius 3 is 2.44 bits per heavy atom. The van der Waals surface area contributed by atoms with Gasteiger partial charge in [0, 0.05) is 24.7 Å². The quantitative estimate of drug-likeness (QED) is 0.204. The van der Waals surface area contributed by atoms with Crippen LogP contribution < -0.4 is 21.7 Å². The molecule has 1 aromatic carbocycles. The normalized spacial score (nSPS) is 13.4. The van der Waals surface area contributed by atoms with E-state index < -0.39 is 48.4 Å². The highest BCUT2D eigenvalue weighted by molar-refractivity contribution is 7.98. The highest BCUT2D eigenvalue weighted by Crippen LogP contribution is 2.05. The Hall–Kier alpha value is -3.38. The van der Waals surface area contributed by atoms with Gasteiger partial charge < -0.3 is 31.8 Å². The van der Waals surface area contributed by atoms with E-state index >= 15 is 0 Å². The number of amides is 3. The van der Waals surface area contributed by atoms with Crippen LogP contribution in [0, 0.1) is 0 Å². The third-order valence-electron chi connectivity index (χ3n) is 4.92. The Kier molecular flexibility index (Phi) is 11.1. The molecule has 34 heavy (non-hydrogen) atoms. The summed E-state index contributed by atoms with van der Waals surface area (Å²) in [5, 5.41) is 16.9. The van der Waals surface area contributed by atoms with Gasteiger partial charge in [0.2, 0.25) is 17.7 Å². The molecule has 3 unspecified atom stereocenters. The molecule has 7 N–H and O–H groups in total. The van der Waals surface area contributed by atoms with Crippen molar-refractivity contribution >= 4 is 35.5 Å². The Balaban J connectivity index is 1.97. The number of carbonyl (C=O) groups is 4. The summed E-state index contributed by atoms with van der Waals surface area (Å²) in [6.07, 6.45) is 5.45. The lowest BCUT2D eigenvalue weighted by molar-refractivity contribution is -0.141. The molecule has 11 nitrogen and oxygen atoms in total. The third kappa shape index (κ3) is 9.24. The lowest BCUT2D eigenvalue weighted by Gasteiger charge is -2.21. The number of benzene rings is 1. The molecule has 0 radical (unpaired) electrons. The highest BCUT2D eigenvalue weighted by atomic mass is 32.2. The number of aliphatic carboxylic acids is 1. The standard InChI is InChI=1S/C22H30N6O5S/c1-34-8-7-16(23)20(30)28-17(9-14-5-3-2-4-6-14)21(31)25-12-19(29)27-18(22(32)33)10-15-11-24-13-26-15/h2-6,11,13,16-18H,7-10,12,23H2,1H3,(H,24,26)(H,25,31)(H,27,29)(H,28,30)(H,32,33). The number of carboxylic acid groups (broad SMARTS) is 1. The van der Waals surface area contributed by atoms with Crippen LogP contribution in [0.1, 0.15) is 17.7 Å². The second-order valence-corrected chi connectivity index (χ2v) is 8.58. The zero-order chi connectivity index (χ0) is 24.9. The number of nitrogens with zero attached hydrogens (tertiary/aromatic N) is 1. The molecule has 3 atom stereocenters. The van der Waals surface area contributed by atoms with E-state index in [1.807, 2.05) is 36.6 Å². The number of carbonyl (C=O) groups excluding carboxylic acids is 3. The Morgan fingerprint density at radius 2 is 1.82 bits per heavy atom. The van der Waals surface area contributed by atoms with Crippen molar-refractivity contribution in [2.24, 2.45) is 5.73 Å². The maximum atomic E-state index is 12.8. The van der Waals surface area contributed by atoms with Gasteiger partial charge in [0.25, 0.3) is 0 Å². The first kappa shape index (κ1) is 26.9. The van der Waals surface area contributed by atoms with E-state index in [0.29, 0.717) is 17.9 Å². The summed E-state index contributed by atoms with van der Waals surface area (Å²) >= 11 is 1.56. The maximum absolute atomic E-state index is 12.8. The Labute approximate surface area is 201 Å². The molecule has 2 rings (SSSR count). The first-order chi connectivity index (χ1) is 16.3. The molecule has 0 spiro atoms. The number of imidazole rings is 1. The van der Waals surface area contributed by atoms with Crippen LogP contribution in [0.15, 0.2) is 42.9 Å². The summed E-state index contributed by atoms with van der Waals surface area (Å²) in [5.74, 6) is -2.23. The fraction of sp³-hybridized carbons (Fsp3) is 0.409. The SMILES string of the molecule is CSCCC(N)C(=O)NC(Cc1ccccc1)C(=O)NCC(=O)NC(Cc1cnc[nH]1)C(=O)O. The fourth-order valence-corrected chi connectivity index (χ4v) is 3.56. The van der Waals surface area contributed by atoms with Gasteiger partial charge in [-0.05, 0) is 24.0 Å². The molecular weight excluding hydrogens is 460 g/mol. The van der Waals surface area contributed by atoms with Gasteiger partial charge in [-0.1, -0.05) is 30.3 Å². The van der Waals surface area contributed by atoms with Crippen molar-refractivity contribution in [1.82, 2.24) is 25.9 Å². The topological polar surface area (TPSA) is 179 Å². The minimum absolute atomic E-state index is 0.00957. The molecule has 0 fully saturated rings. The van der Waals surface area contributed by atoms with Crippen molar-refractivity contribution in [3.8, 4) is 0 Å². The predicted molar refractivity (Wildman–Crippen MR) is 128 cm³/mol. The second kappa shape index (κ2) is 14.0. The van der Waals surface area contributed by atoms with Gasteiger partial charge in [0.1, 0.15) is 12.1 Å². The summed E-state index contributed by atoms with van der Waals surface area (Å²) in [5.41, 5.74) is 7.28. The molecule has 0 aliphatic heterocycles. The highest BCUT2D eigenvalue weighted by Gasteiger charge is 2.25. The van der Waals surface area contributed by atoms with Gasteiger partial charge in [0.15, 0.2) is 0 Å². The number of hydrogen-bond donors (Lipinski definition) is 6. The Morgan fingerprint density at radius 1 is 1.09 bits per heavy atom. The van der Waals surface area contributed by atoms with E-state index in [1.165, 1.54) is 12.5 Å². The van der Waals surface area contributed by atoms with Crippen molar-refractivity contribution in [3.05, 3.63) is 54.1 Å². The summed E-state index contributed by atoms with van der Waals surface area (Å²) in [6, 6.07) is 6.19. The van der Waals surface area contributed by atoms with Gasteiger partial charge in [0.05, 0.1) is 18.9 Å². The molecule has 2 aromatic rings. The number of rotatable bonds is 14. The molecule has 0 bridgehead atoms. The van der Waals surface area contributed by atoms with Crippen LogP contribution in [0.25, 0.3) is 0 Å². The van der Waals surface area contributed by atoms with Crippen molar-refractivity contribution < 1.29 is 24.3 Å². The predicted octanol–water partition coefficient (Wildman–Crippen LogP) is -0.554. The molecule has 0 saturated carbocycles. The summed E-state index contributed by atoms with van der Waals surface area (Å²) < 4.78 is 0. The van der Waals surface area contributed by atoms with Crippen LogP contribution in [0.4, 0.5) is 0 Å². The number of H-pyrrole nitrogens is 1. The minimum Gasteiger partial charge on any atom is -0.480 e. The second-order valence-electron chi connectivity index (χ2n) is 7.60. The third-order valence-corrected chi connectivity index (χ3v) is 5.56. The van der Waals surface area contributed by atoms with Gasteiger partial charge >= 0.3 is 5.97 Å². The van der Waals surface area contributed by atoms with Crippen LogP contribution in [-0.2, 0) is 32.0 Å². The zero-order valence-electron chi connectivity index (χ0n) is 18.8. The number of aromatic amines is 1. The largest absolute Gasteiger partial charge is 0.480 e. The van der Waals surface area contributed by atoms with Gasteiger partial charge in [-0.15, -0.1) is 0 Å². The van der Waals surface area contributed by atoms with Crippen molar-refractivity contribution in [3.63, 3.8) is 0 Å². The molecule has 1 heterocycles. The van der Waals surface area contributed by atoms with Gasteiger partial charge in [-0.25, -0.2) is 9.78 Å². The fourth-order valence-electron chi connectivity index (χ4n) is 3.07. The number of nitrogens with two attached hydrogens (primary N) is 1. The smallest absolute Gasteiger partial charge is 0.326 e. The van der Waals surface area contributed by atoms with E-state index in [9.17, 15) is 24.3 Å². The van der Waals surface area contributed by atoms with Crippen molar-refractivity contribution in [2.75, 3.05) is 18.6 Å². The average molecular weight is 491 g/mol. The van der Waals surface area contributed by atoms with E-state index in [4.69, 9.17) is 5.73 Å². The van der Waals surface area contributed by atoms with E-state index in [1.54, 1.807) is 11.8 Å². The molecule has 184 valence electrons. The average Bonchev–Trinajstić information content (AvgIpc) is 3.33. The lowest BCUT2D eigenvalue weighted by atomic mass is 10.0. The first-order valence-corrected chi connectivity index (χ1v) is 12.1. The number of carboxylic acids is 1. The monoisotopic (exact) mass is 490 g/mol. The van der Waals surface area contributed by atoms with Crippen molar-refractivity contribution in [1.29, 1.82) is 0 Å². The van der Waals surface area contributed by atoms with E-state index in [2.05, 4.69) is 25.9 Å². The number of thioether (sulfide) groups is 1. The number of nitrogens with one attached hydrogen (secondary N) is 4. The van der Waals surface area contributed by atoms with Crippen LogP contribution in [-0.4, -0.2) is 75.4 Å². The molecule has 1 aromatic heterocycles. The molecular formula is C22H30N6O5S. The molecule has 0 aliphatic rings. The summed E-state index contributed by atoms with van der Waals surface area (Å²) in [4.78, 5) is 55.7. The minimum atomic E-state index is -1.22. The summed E-state index contributed by atoms with van der Waals surface area (Å²) in [7, 11) is 0. The number of hydrogen-bond acceptors (Lipinski definition) is 7. The summed E-state index contributed by atoms with van der Waals surface area (Å²) in [6.45, 7) is -0.453. The van der Waals surface area contributed by atoms with E-state index in [0.717, 1.165) is 5.56 Å². The number of aromatic nitrogens is 2. The van der Waals surface area contributed by atoms with Crippen LogP contribution in [0.5, 0.6) is 0 Å². The zero-order valence-corrected chi connectivity index (χ0v) is 19.6. The van der Waals surface area contributed by atoms with Gasteiger partial charge in [-0.2, -0.15) is 11.8 Å². The molecule has 3 amide bonds. The maximum Gasteiger partial charge on any atom is 0.326 e. The molecule has 12 heteroatoms. The molecule has 0 saturated heterocycles. The first-order valence-electron chi connectivity index (χ1n) is 10.7. The van der Waals surface area contributed by atoms with E-state index in [-0.39, 0.29) is 12.8 Å². The van der Waals surface area contributed by atoms with Crippen molar-refractivity contribution in [2.45, 2.75) is 37.4 Å². The Bertz CT molecular complexity index is 941. The van der Waals surface area contributed by atoms with Crippen LogP contribution in [0.3, 0.4) is 0 Å². The van der Waals surface area contributed by atoms with Crippen LogP contribution in [0.2, 0.25) is 0 Å².